The molecule has 1 unspecified atom stereocenters. The Balaban J connectivity index is 1.85. The summed E-state index contributed by atoms with van der Waals surface area (Å²) in [7, 11) is 1.74. The largest absolute Gasteiger partial charge is 0.337 e. The van der Waals surface area contributed by atoms with E-state index in [-0.39, 0.29) is 18.5 Å². The number of carbonyl (C=O) groups is 1. The van der Waals surface area contributed by atoms with E-state index in [2.05, 4.69) is 10.2 Å². The SMILES string of the molecule is Cc1cccc(-c2n[nH]c(=S)n2CC(=O)N(C)C(C)c2ccc(Cl)cc2Cl)c1. The number of aromatic nitrogens is 3. The minimum atomic E-state index is -0.222. The molecule has 2 aromatic carbocycles. The normalized spacial score (nSPS) is 12.0. The molecule has 3 aromatic rings. The number of rotatable bonds is 5. The number of aromatic amines is 1. The third-order valence-corrected chi connectivity index (χ3v) is 5.59. The van der Waals surface area contributed by atoms with Crippen molar-refractivity contribution < 1.29 is 4.79 Å². The molecule has 1 N–H and O–H groups in total. The Morgan fingerprint density at radius 3 is 2.71 bits per heavy atom. The first-order chi connectivity index (χ1) is 13.3. The topological polar surface area (TPSA) is 53.9 Å². The van der Waals surface area contributed by atoms with Crippen LogP contribution >= 0.6 is 35.4 Å². The van der Waals surface area contributed by atoms with Crippen molar-refractivity contribution in [3.05, 3.63) is 68.4 Å². The number of H-pyrrole nitrogens is 1. The van der Waals surface area contributed by atoms with Gasteiger partial charge in [-0.15, -0.1) is 0 Å². The van der Waals surface area contributed by atoms with Crippen LogP contribution in [0.25, 0.3) is 11.4 Å². The van der Waals surface area contributed by atoms with Crippen molar-refractivity contribution >= 4 is 41.3 Å². The molecule has 0 bridgehead atoms. The maximum absolute atomic E-state index is 13.0. The van der Waals surface area contributed by atoms with Gasteiger partial charge < -0.3 is 4.90 Å². The zero-order chi connectivity index (χ0) is 20.4. The van der Waals surface area contributed by atoms with Crippen molar-refractivity contribution in [1.29, 1.82) is 0 Å². The van der Waals surface area contributed by atoms with E-state index < -0.39 is 0 Å². The molecule has 0 spiro atoms. The number of benzene rings is 2. The first-order valence-electron chi connectivity index (χ1n) is 8.70. The van der Waals surface area contributed by atoms with Crippen molar-refractivity contribution in [1.82, 2.24) is 19.7 Å². The Kier molecular flexibility index (Phi) is 6.23. The summed E-state index contributed by atoms with van der Waals surface area (Å²) < 4.78 is 2.11. The molecule has 1 atom stereocenters. The second kappa shape index (κ2) is 8.47. The Morgan fingerprint density at radius 2 is 2.04 bits per heavy atom. The summed E-state index contributed by atoms with van der Waals surface area (Å²) in [5.74, 6) is 0.526. The third-order valence-electron chi connectivity index (χ3n) is 4.71. The molecule has 0 saturated heterocycles. The minimum Gasteiger partial charge on any atom is -0.337 e. The van der Waals surface area contributed by atoms with E-state index >= 15 is 0 Å². The summed E-state index contributed by atoms with van der Waals surface area (Å²) in [6.07, 6.45) is 0. The van der Waals surface area contributed by atoms with Gasteiger partial charge in [0.1, 0.15) is 6.54 Å². The van der Waals surface area contributed by atoms with E-state index in [1.54, 1.807) is 28.6 Å². The van der Waals surface area contributed by atoms with Crippen LogP contribution in [0.15, 0.2) is 42.5 Å². The van der Waals surface area contributed by atoms with Crippen LogP contribution in [0.1, 0.15) is 24.1 Å². The Bertz CT molecular complexity index is 1080. The number of carbonyl (C=O) groups excluding carboxylic acids is 1. The Morgan fingerprint density at radius 1 is 1.29 bits per heavy atom. The molecule has 8 heteroatoms. The lowest BCUT2D eigenvalue weighted by atomic mass is 10.1. The van der Waals surface area contributed by atoms with Gasteiger partial charge in [0.15, 0.2) is 10.6 Å². The van der Waals surface area contributed by atoms with Crippen LogP contribution in [-0.2, 0) is 11.3 Å². The lowest BCUT2D eigenvalue weighted by molar-refractivity contribution is -0.132. The molecule has 0 aliphatic carbocycles. The number of aryl methyl sites for hydroxylation is 1. The zero-order valence-electron chi connectivity index (χ0n) is 15.7. The molecule has 0 saturated carbocycles. The van der Waals surface area contributed by atoms with Gasteiger partial charge in [0.25, 0.3) is 0 Å². The fourth-order valence-corrected chi connectivity index (χ4v) is 3.74. The summed E-state index contributed by atoms with van der Waals surface area (Å²) in [6, 6.07) is 13.0. The second-order valence-electron chi connectivity index (χ2n) is 6.65. The smallest absolute Gasteiger partial charge is 0.242 e. The molecular formula is C20H20Cl2N4OS. The van der Waals surface area contributed by atoms with Crippen LogP contribution in [0.4, 0.5) is 0 Å². The lowest BCUT2D eigenvalue weighted by Crippen LogP contribution is -2.33. The molecular weight excluding hydrogens is 415 g/mol. The summed E-state index contributed by atoms with van der Waals surface area (Å²) in [5, 5.41) is 8.18. The number of halogens is 2. The minimum absolute atomic E-state index is 0.0741. The maximum Gasteiger partial charge on any atom is 0.242 e. The summed E-state index contributed by atoms with van der Waals surface area (Å²) in [5.41, 5.74) is 2.83. The highest BCUT2D eigenvalue weighted by molar-refractivity contribution is 7.71. The molecule has 3 rings (SSSR count). The highest BCUT2D eigenvalue weighted by Gasteiger charge is 2.21. The molecule has 0 fully saturated rings. The molecule has 1 heterocycles. The van der Waals surface area contributed by atoms with Gasteiger partial charge in [-0.05, 0) is 49.8 Å². The van der Waals surface area contributed by atoms with Crippen molar-refractivity contribution in [2.24, 2.45) is 0 Å². The number of nitrogens with one attached hydrogen (secondary N) is 1. The number of hydrogen-bond donors (Lipinski definition) is 1. The molecule has 0 radical (unpaired) electrons. The van der Waals surface area contributed by atoms with Crippen LogP contribution in [0.5, 0.6) is 0 Å². The number of amides is 1. The highest BCUT2D eigenvalue weighted by atomic mass is 35.5. The predicted molar refractivity (Wildman–Crippen MR) is 115 cm³/mol. The van der Waals surface area contributed by atoms with Gasteiger partial charge in [0.05, 0.1) is 6.04 Å². The van der Waals surface area contributed by atoms with Gasteiger partial charge in [-0.3, -0.25) is 14.5 Å². The number of nitrogens with zero attached hydrogens (tertiary/aromatic N) is 3. The number of likely N-dealkylation sites (N-methyl/N-ethyl adjacent to an activating group) is 1. The molecule has 5 nitrogen and oxygen atoms in total. The highest BCUT2D eigenvalue weighted by Crippen LogP contribution is 2.29. The van der Waals surface area contributed by atoms with Crippen LogP contribution in [-0.4, -0.2) is 32.6 Å². The van der Waals surface area contributed by atoms with Gasteiger partial charge in [-0.2, -0.15) is 5.10 Å². The average molecular weight is 435 g/mol. The van der Waals surface area contributed by atoms with Crippen molar-refractivity contribution in [2.45, 2.75) is 26.4 Å². The maximum atomic E-state index is 13.0. The standard InChI is InChI=1S/C20H20Cl2N4OS/c1-12-5-4-6-14(9-12)19-23-24-20(28)26(19)11-18(27)25(3)13(2)16-8-7-15(21)10-17(16)22/h4-10,13H,11H2,1-3H3,(H,24,28). The lowest BCUT2D eigenvalue weighted by Gasteiger charge is -2.26. The van der Waals surface area contributed by atoms with Gasteiger partial charge in [-0.1, -0.05) is 53.0 Å². The third kappa shape index (κ3) is 4.29. The molecule has 0 aliphatic rings. The first-order valence-corrected chi connectivity index (χ1v) is 9.87. The fourth-order valence-electron chi connectivity index (χ4n) is 2.98. The van der Waals surface area contributed by atoms with Gasteiger partial charge in [0, 0.05) is 22.7 Å². The van der Waals surface area contributed by atoms with Gasteiger partial charge in [-0.25, -0.2) is 0 Å². The van der Waals surface area contributed by atoms with E-state index in [4.69, 9.17) is 35.4 Å². The van der Waals surface area contributed by atoms with Gasteiger partial charge >= 0.3 is 0 Å². The van der Waals surface area contributed by atoms with Crippen molar-refractivity contribution in [3.8, 4) is 11.4 Å². The van der Waals surface area contributed by atoms with E-state index in [9.17, 15) is 4.79 Å². The Hall–Kier alpha value is -2.15. The predicted octanol–water partition coefficient (Wildman–Crippen LogP) is 5.44. The van der Waals surface area contributed by atoms with E-state index in [0.29, 0.717) is 20.6 Å². The van der Waals surface area contributed by atoms with E-state index in [1.807, 2.05) is 44.2 Å². The average Bonchev–Trinajstić information content (AvgIpc) is 3.01. The Labute approximate surface area is 178 Å². The molecule has 146 valence electrons. The monoisotopic (exact) mass is 434 g/mol. The van der Waals surface area contributed by atoms with E-state index in [0.717, 1.165) is 16.7 Å². The quantitative estimate of drug-likeness (QED) is 0.543. The van der Waals surface area contributed by atoms with E-state index in [1.165, 1.54) is 0 Å². The molecule has 28 heavy (non-hydrogen) atoms. The molecule has 1 amide bonds. The van der Waals surface area contributed by atoms with Crippen LogP contribution in [0.3, 0.4) is 0 Å². The van der Waals surface area contributed by atoms with Crippen molar-refractivity contribution in [3.63, 3.8) is 0 Å². The summed E-state index contributed by atoms with van der Waals surface area (Å²) in [6.45, 7) is 4.00. The molecule has 0 aliphatic heterocycles. The van der Waals surface area contributed by atoms with Gasteiger partial charge in [0.2, 0.25) is 5.91 Å². The summed E-state index contributed by atoms with van der Waals surface area (Å²) in [4.78, 5) is 14.6. The molecule has 1 aromatic heterocycles. The van der Waals surface area contributed by atoms with Crippen molar-refractivity contribution in [2.75, 3.05) is 7.05 Å². The summed E-state index contributed by atoms with van der Waals surface area (Å²) >= 11 is 17.6. The van der Waals surface area contributed by atoms with Crippen LogP contribution in [0.2, 0.25) is 10.0 Å². The fraction of sp³-hybridized carbons (Fsp3) is 0.250. The first kappa shape index (κ1) is 20.6. The second-order valence-corrected chi connectivity index (χ2v) is 7.88. The zero-order valence-corrected chi connectivity index (χ0v) is 18.1. The van der Waals surface area contributed by atoms with Crippen LogP contribution in [0, 0.1) is 11.7 Å². The van der Waals surface area contributed by atoms with Crippen LogP contribution < -0.4 is 0 Å². The number of hydrogen-bond acceptors (Lipinski definition) is 3.